The van der Waals surface area contributed by atoms with Gasteiger partial charge in [0.2, 0.25) is 10.0 Å². The van der Waals surface area contributed by atoms with Crippen LogP contribution in [0.25, 0.3) is 21.8 Å². The zero-order valence-corrected chi connectivity index (χ0v) is 17.2. The van der Waals surface area contributed by atoms with E-state index in [1.54, 1.807) is 0 Å². The third-order valence-corrected chi connectivity index (χ3v) is 7.34. The molecule has 0 saturated heterocycles. The van der Waals surface area contributed by atoms with Crippen molar-refractivity contribution in [3.05, 3.63) is 48.5 Å². The van der Waals surface area contributed by atoms with Gasteiger partial charge in [0.25, 0.3) is 0 Å². The number of aromatic nitrogens is 1. The Bertz CT molecular complexity index is 1130. The minimum absolute atomic E-state index is 0.0199. The second-order valence-corrected chi connectivity index (χ2v) is 9.88. The number of para-hydroxylation sites is 2. The van der Waals surface area contributed by atoms with Gasteiger partial charge in [0, 0.05) is 28.4 Å². The van der Waals surface area contributed by atoms with Crippen LogP contribution in [0.1, 0.15) is 19.3 Å². The Hall–Kier alpha value is -2.10. The number of hydrogen-bond donors (Lipinski definition) is 1. The van der Waals surface area contributed by atoms with Gasteiger partial charge in [-0.15, -0.1) is 0 Å². The fraction of sp³-hybridized carbons (Fsp3) is 0.429. The van der Waals surface area contributed by atoms with Gasteiger partial charge in [-0.25, -0.2) is 8.42 Å². The van der Waals surface area contributed by atoms with E-state index in [0.29, 0.717) is 10.7 Å². The largest absolute Gasteiger partial charge is 0.407 e. The van der Waals surface area contributed by atoms with E-state index in [9.17, 15) is 26.7 Å². The lowest BCUT2D eigenvalue weighted by atomic mass is 9.76. The van der Waals surface area contributed by atoms with Crippen molar-refractivity contribution in [3.8, 4) is 0 Å². The van der Waals surface area contributed by atoms with Crippen LogP contribution in [-0.4, -0.2) is 53.0 Å². The molecule has 0 spiro atoms. The van der Waals surface area contributed by atoms with Crippen molar-refractivity contribution in [1.29, 1.82) is 0 Å². The molecule has 30 heavy (non-hydrogen) atoms. The highest BCUT2D eigenvalue weighted by Gasteiger charge is 2.64. The van der Waals surface area contributed by atoms with Crippen molar-refractivity contribution in [1.82, 2.24) is 8.87 Å². The van der Waals surface area contributed by atoms with E-state index < -0.39 is 34.4 Å². The Morgan fingerprint density at radius 2 is 1.57 bits per heavy atom. The number of aliphatic hydroxyl groups excluding tert-OH is 1. The van der Waals surface area contributed by atoms with Crippen LogP contribution in [0.4, 0.5) is 13.2 Å². The number of rotatable bonds is 6. The number of fused-ring (bicyclic) bond motifs is 3. The molecule has 0 amide bonds. The molecule has 2 aromatic carbocycles. The summed E-state index contributed by atoms with van der Waals surface area (Å²) in [5.74, 6) is 0. The molecule has 4 rings (SSSR count). The average Bonchev–Trinajstić information content (AvgIpc) is 2.92. The first-order valence-corrected chi connectivity index (χ1v) is 11.6. The summed E-state index contributed by atoms with van der Waals surface area (Å²) in [5.41, 5.74) is -0.766. The summed E-state index contributed by atoms with van der Waals surface area (Å²) in [6, 6.07) is 15.1. The van der Waals surface area contributed by atoms with E-state index in [4.69, 9.17) is 0 Å². The van der Waals surface area contributed by atoms with Gasteiger partial charge in [0.1, 0.15) is 5.54 Å². The molecule has 3 aromatic rings. The predicted molar refractivity (Wildman–Crippen MR) is 110 cm³/mol. The van der Waals surface area contributed by atoms with Crippen LogP contribution in [0.2, 0.25) is 0 Å². The van der Waals surface area contributed by atoms with Crippen molar-refractivity contribution in [3.63, 3.8) is 0 Å². The molecule has 5 nitrogen and oxygen atoms in total. The molecule has 1 aromatic heterocycles. The van der Waals surface area contributed by atoms with Crippen molar-refractivity contribution in [2.45, 2.75) is 43.6 Å². The quantitative estimate of drug-likeness (QED) is 0.632. The molecule has 1 saturated carbocycles. The van der Waals surface area contributed by atoms with Gasteiger partial charge >= 0.3 is 6.18 Å². The Labute approximate surface area is 172 Å². The summed E-state index contributed by atoms with van der Waals surface area (Å²) in [5, 5.41) is 12.7. The van der Waals surface area contributed by atoms with Crippen molar-refractivity contribution in [2.75, 3.05) is 12.8 Å². The highest BCUT2D eigenvalue weighted by atomic mass is 32.2. The fourth-order valence-corrected chi connectivity index (χ4v) is 5.84. The predicted octanol–water partition coefficient (Wildman–Crippen LogP) is 3.90. The molecule has 1 heterocycles. The maximum Gasteiger partial charge on any atom is 0.407 e. The summed E-state index contributed by atoms with van der Waals surface area (Å²) in [6.07, 6.45) is -5.50. The molecule has 1 unspecified atom stereocenters. The molecular weight excluding hydrogens is 417 g/mol. The standard InChI is InChI=1S/C21H23F3N2O3S/c1-30(28,29)26(20(11-6-12-20)21(22,23)24)14-15(27)13-25-18-9-4-2-7-16(18)17-8-3-5-10-19(17)25/h2-5,7-10,15,27H,6,11-14H2,1H3. The van der Waals surface area contributed by atoms with Crippen LogP contribution >= 0.6 is 0 Å². The average molecular weight is 440 g/mol. The number of hydrogen-bond acceptors (Lipinski definition) is 3. The van der Waals surface area contributed by atoms with E-state index in [1.807, 2.05) is 53.1 Å². The number of benzene rings is 2. The van der Waals surface area contributed by atoms with Crippen molar-refractivity contribution in [2.24, 2.45) is 0 Å². The first-order chi connectivity index (χ1) is 14.0. The molecule has 1 aliphatic rings. The zero-order valence-electron chi connectivity index (χ0n) is 16.4. The minimum Gasteiger partial charge on any atom is -0.390 e. The van der Waals surface area contributed by atoms with Gasteiger partial charge in [-0.1, -0.05) is 36.4 Å². The summed E-state index contributed by atoms with van der Waals surface area (Å²) in [7, 11) is -4.18. The third kappa shape index (κ3) is 3.38. The Morgan fingerprint density at radius 1 is 1.07 bits per heavy atom. The monoisotopic (exact) mass is 440 g/mol. The van der Waals surface area contributed by atoms with E-state index in [2.05, 4.69) is 0 Å². The number of nitrogens with zero attached hydrogens (tertiary/aromatic N) is 2. The molecule has 162 valence electrons. The summed E-state index contributed by atoms with van der Waals surface area (Å²) in [4.78, 5) is 0. The van der Waals surface area contributed by atoms with Gasteiger partial charge < -0.3 is 9.67 Å². The van der Waals surface area contributed by atoms with Gasteiger partial charge in [-0.3, -0.25) is 0 Å². The molecule has 0 radical (unpaired) electrons. The SMILES string of the molecule is CS(=O)(=O)N(CC(O)Cn1c2ccccc2c2ccccc21)C1(C(F)(F)F)CCC1. The molecule has 9 heteroatoms. The molecular formula is C21H23F3N2O3S. The number of alkyl halides is 3. The van der Waals surface area contributed by atoms with Crippen LogP contribution in [0.3, 0.4) is 0 Å². The third-order valence-electron chi connectivity index (χ3n) is 6.04. The Morgan fingerprint density at radius 3 is 1.97 bits per heavy atom. The summed E-state index contributed by atoms with van der Waals surface area (Å²) < 4.78 is 68.2. The Balaban J connectivity index is 1.69. The fourth-order valence-electron chi connectivity index (χ4n) is 4.47. The maximum atomic E-state index is 13.8. The summed E-state index contributed by atoms with van der Waals surface area (Å²) >= 11 is 0. The van der Waals surface area contributed by atoms with Crippen molar-refractivity contribution >= 4 is 31.8 Å². The molecule has 1 fully saturated rings. The second kappa shape index (κ2) is 7.25. The minimum atomic E-state index is -4.69. The van der Waals surface area contributed by atoms with Gasteiger partial charge in [0.15, 0.2) is 0 Å². The van der Waals surface area contributed by atoms with Crippen LogP contribution < -0.4 is 0 Å². The van der Waals surface area contributed by atoms with Crippen LogP contribution in [0.15, 0.2) is 48.5 Å². The van der Waals surface area contributed by atoms with Gasteiger partial charge in [0.05, 0.1) is 18.9 Å². The first-order valence-electron chi connectivity index (χ1n) is 9.73. The zero-order chi connectivity index (χ0) is 21.7. The Kier molecular flexibility index (Phi) is 5.11. The second-order valence-electron chi connectivity index (χ2n) is 7.98. The number of halogens is 3. The van der Waals surface area contributed by atoms with Crippen LogP contribution in [0.5, 0.6) is 0 Å². The number of β-amino-alcohol motifs (C(OH)–C–C–N with tert-alkyl or cyclic N) is 1. The van der Waals surface area contributed by atoms with Crippen molar-refractivity contribution < 1.29 is 26.7 Å². The highest BCUT2D eigenvalue weighted by molar-refractivity contribution is 7.88. The molecule has 1 atom stereocenters. The molecule has 1 aliphatic carbocycles. The highest BCUT2D eigenvalue weighted by Crippen LogP contribution is 2.50. The van der Waals surface area contributed by atoms with E-state index in [1.165, 1.54) is 0 Å². The lowest BCUT2D eigenvalue weighted by molar-refractivity contribution is -0.243. The van der Waals surface area contributed by atoms with E-state index >= 15 is 0 Å². The summed E-state index contributed by atoms with van der Waals surface area (Å²) in [6.45, 7) is -0.632. The van der Waals surface area contributed by atoms with E-state index in [0.717, 1.165) is 28.1 Å². The molecule has 1 N–H and O–H groups in total. The molecule has 0 bridgehead atoms. The maximum absolute atomic E-state index is 13.8. The molecule has 0 aliphatic heterocycles. The lowest BCUT2D eigenvalue weighted by Gasteiger charge is -2.49. The first kappa shape index (κ1) is 21.1. The number of aliphatic hydroxyl groups is 1. The topological polar surface area (TPSA) is 62.5 Å². The lowest BCUT2D eigenvalue weighted by Crippen LogP contribution is -2.65. The van der Waals surface area contributed by atoms with Crippen LogP contribution in [0, 0.1) is 0 Å². The normalized spacial score (nSPS) is 18.1. The smallest absolute Gasteiger partial charge is 0.390 e. The van der Waals surface area contributed by atoms with Crippen LogP contribution in [-0.2, 0) is 16.6 Å². The number of sulfonamides is 1. The van der Waals surface area contributed by atoms with Gasteiger partial charge in [-0.05, 0) is 31.4 Å². The van der Waals surface area contributed by atoms with E-state index in [-0.39, 0.29) is 19.4 Å². The van der Waals surface area contributed by atoms with Gasteiger partial charge in [-0.2, -0.15) is 17.5 Å².